The molecular weight excluding hydrogens is 116 g/mol. The summed E-state index contributed by atoms with van der Waals surface area (Å²) in [7, 11) is 0. The van der Waals surface area contributed by atoms with E-state index in [2.05, 4.69) is 0 Å². The highest BCUT2D eigenvalue weighted by Crippen LogP contribution is 2.10. The maximum absolute atomic E-state index is 8.88. The molecule has 0 aromatic carbocycles. The normalized spacial score (nSPS) is 27.1. The van der Waals surface area contributed by atoms with Crippen LogP contribution in [0.4, 0.5) is 0 Å². The van der Waals surface area contributed by atoms with E-state index < -0.39 is 0 Å². The van der Waals surface area contributed by atoms with Crippen LogP contribution in [0.2, 0.25) is 0 Å². The first-order valence-electron chi connectivity index (χ1n) is 3.24. The minimum Gasteiger partial charge on any atom is -0.389 e. The molecule has 52 valence electrons. The van der Waals surface area contributed by atoms with Crippen LogP contribution in [-0.4, -0.2) is 24.4 Å². The number of aliphatic hydroxyl groups is 1. The third-order valence-electron chi connectivity index (χ3n) is 1.33. The van der Waals surface area contributed by atoms with E-state index in [0.717, 1.165) is 13.0 Å². The Morgan fingerprint density at radius 3 is 3.00 bits per heavy atom. The molecule has 1 N–H and O–H groups in total. The van der Waals surface area contributed by atoms with Crippen LogP contribution in [0.25, 0.3) is 0 Å². The standard InChI is InChI=1S/C7H12O2/c1-6(8)4-7-2-3-9-5-7/h4,6,8H,2-3,5H2,1H3/b7-4-. The molecule has 0 saturated carbocycles. The Hall–Kier alpha value is -0.340. The first-order valence-corrected chi connectivity index (χ1v) is 3.24. The maximum atomic E-state index is 8.88. The smallest absolute Gasteiger partial charge is 0.0696 e. The SMILES string of the molecule is CC(O)/C=C1/CCOC1. The number of hydrogen-bond donors (Lipinski definition) is 1. The topological polar surface area (TPSA) is 29.5 Å². The molecule has 1 aliphatic heterocycles. The molecule has 2 heteroatoms. The van der Waals surface area contributed by atoms with Crippen LogP contribution in [0.5, 0.6) is 0 Å². The molecule has 0 bridgehead atoms. The first kappa shape index (κ1) is 6.78. The predicted molar refractivity (Wildman–Crippen MR) is 35.2 cm³/mol. The third kappa shape index (κ3) is 2.16. The van der Waals surface area contributed by atoms with E-state index in [-0.39, 0.29) is 6.10 Å². The molecule has 1 unspecified atom stereocenters. The molecular formula is C7H12O2. The monoisotopic (exact) mass is 128 g/mol. The molecule has 0 aromatic rings. The van der Waals surface area contributed by atoms with Gasteiger partial charge < -0.3 is 9.84 Å². The lowest BCUT2D eigenvalue weighted by Crippen LogP contribution is -1.95. The number of ether oxygens (including phenoxy) is 1. The lowest BCUT2D eigenvalue weighted by Gasteiger charge is -1.95. The fourth-order valence-electron chi connectivity index (χ4n) is 0.951. The van der Waals surface area contributed by atoms with Gasteiger partial charge in [-0.2, -0.15) is 0 Å². The van der Waals surface area contributed by atoms with E-state index in [0.29, 0.717) is 6.61 Å². The van der Waals surface area contributed by atoms with Gasteiger partial charge in [0.25, 0.3) is 0 Å². The van der Waals surface area contributed by atoms with E-state index >= 15 is 0 Å². The Morgan fingerprint density at radius 2 is 2.56 bits per heavy atom. The molecule has 1 atom stereocenters. The molecule has 0 amide bonds. The van der Waals surface area contributed by atoms with Gasteiger partial charge in [0.05, 0.1) is 19.3 Å². The molecule has 1 fully saturated rings. The van der Waals surface area contributed by atoms with Gasteiger partial charge in [-0.1, -0.05) is 6.08 Å². The van der Waals surface area contributed by atoms with Gasteiger partial charge in [-0.15, -0.1) is 0 Å². The molecule has 1 heterocycles. The van der Waals surface area contributed by atoms with Crippen molar-refractivity contribution in [2.24, 2.45) is 0 Å². The van der Waals surface area contributed by atoms with E-state index in [1.165, 1.54) is 5.57 Å². The van der Waals surface area contributed by atoms with Gasteiger partial charge in [-0.3, -0.25) is 0 Å². The Kier molecular flexibility index (Phi) is 2.25. The molecule has 0 aromatic heterocycles. The van der Waals surface area contributed by atoms with Crippen molar-refractivity contribution in [1.29, 1.82) is 0 Å². The summed E-state index contributed by atoms with van der Waals surface area (Å²) < 4.78 is 5.08. The Morgan fingerprint density at radius 1 is 1.78 bits per heavy atom. The summed E-state index contributed by atoms with van der Waals surface area (Å²) in [5, 5.41) is 8.88. The molecule has 1 saturated heterocycles. The lowest BCUT2D eigenvalue weighted by molar-refractivity contribution is 0.203. The van der Waals surface area contributed by atoms with Crippen molar-refractivity contribution < 1.29 is 9.84 Å². The van der Waals surface area contributed by atoms with Crippen molar-refractivity contribution in [2.45, 2.75) is 19.4 Å². The minimum atomic E-state index is -0.318. The summed E-state index contributed by atoms with van der Waals surface area (Å²) in [6.07, 6.45) is 2.53. The van der Waals surface area contributed by atoms with E-state index in [9.17, 15) is 0 Å². The van der Waals surface area contributed by atoms with Gasteiger partial charge in [-0.05, 0) is 18.9 Å². The number of hydrogen-bond acceptors (Lipinski definition) is 2. The minimum absolute atomic E-state index is 0.318. The van der Waals surface area contributed by atoms with Crippen molar-refractivity contribution in [1.82, 2.24) is 0 Å². The summed E-state index contributed by atoms with van der Waals surface area (Å²) in [5.41, 5.74) is 1.23. The molecule has 2 nitrogen and oxygen atoms in total. The zero-order chi connectivity index (χ0) is 6.69. The van der Waals surface area contributed by atoms with Gasteiger partial charge in [0, 0.05) is 0 Å². The summed E-state index contributed by atoms with van der Waals surface area (Å²) in [6.45, 7) is 3.29. The van der Waals surface area contributed by atoms with Crippen LogP contribution in [0, 0.1) is 0 Å². The maximum Gasteiger partial charge on any atom is 0.0696 e. The van der Waals surface area contributed by atoms with Crippen molar-refractivity contribution in [2.75, 3.05) is 13.2 Å². The third-order valence-corrected chi connectivity index (χ3v) is 1.33. The largest absolute Gasteiger partial charge is 0.389 e. The molecule has 0 spiro atoms. The van der Waals surface area contributed by atoms with Crippen LogP contribution in [0.1, 0.15) is 13.3 Å². The zero-order valence-corrected chi connectivity index (χ0v) is 5.63. The highest BCUT2D eigenvalue weighted by molar-refractivity contribution is 5.07. The Balaban J connectivity index is 2.39. The summed E-state index contributed by atoms with van der Waals surface area (Å²) in [5.74, 6) is 0. The first-order chi connectivity index (χ1) is 4.29. The molecule has 1 aliphatic rings. The highest BCUT2D eigenvalue weighted by atomic mass is 16.5. The van der Waals surface area contributed by atoms with Crippen molar-refractivity contribution in [3.63, 3.8) is 0 Å². The highest BCUT2D eigenvalue weighted by Gasteiger charge is 2.06. The molecule has 9 heavy (non-hydrogen) atoms. The summed E-state index contributed by atoms with van der Waals surface area (Å²) in [4.78, 5) is 0. The fraction of sp³-hybridized carbons (Fsp3) is 0.714. The van der Waals surface area contributed by atoms with Crippen LogP contribution < -0.4 is 0 Å². The van der Waals surface area contributed by atoms with Crippen molar-refractivity contribution in [3.8, 4) is 0 Å². The predicted octanol–water partition coefficient (Wildman–Crippen LogP) is 0.714. The molecule has 1 rings (SSSR count). The van der Waals surface area contributed by atoms with E-state index in [4.69, 9.17) is 9.84 Å². The van der Waals surface area contributed by atoms with Crippen LogP contribution in [-0.2, 0) is 4.74 Å². The lowest BCUT2D eigenvalue weighted by atomic mass is 10.2. The second kappa shape index (κ2) is 2.99. The van der Waals surface area contributed by atoms with Gasteiger partial charge in [0.2, 0.25) is 0 Å². The van der Waals surface area contributed by atoms with Gasteiger partial charge in [0.1, 0.15) is 0 Å². The molecule has 0 aliphatic carbocycles. The van der Waals surface area contributed by atoms with Crippen LogP contribution in [0.3, 0.4) is 0 Å². The Labute approximate surface area is 55.1 Å². The average molecular weight is 128 g/mol. The number of rotatable bonds is 1. The summed E-state index contributed by atoms with van der Waals surface area (Å²) >= 11 is 0. The van der Waals surface area contributed by atoms with E-state index in [1.807, 2.05) is 6.08 Å². The van der Waals surface area contributed by atoms with Gasteiger partial charge in [0.15, 0.2) is 0 Å². The van der Waals surface area contributed by atoms with E-state index in [1.54, 1.807) is 6.92 Å². The summed E-state index contributed by atoms with van der Waals surface area (Å²) in [6, 6.07) is 0. The fourth-order valence-corrected chi connectivity index (χ4v) is 0.951. The van der Waals surface area contributed by atoms with Crippen LogP contribution in [0.15, 0.2) is 11.6 Å². The van der Waals surface area contributed by atoms with Crippen LogP contribution >= 0.6 is 0 Å². The zero-order valence-electron chi connectivity index (χ0n) is 5.63. The second-order valence-corrected chi connectivity index (χ2v) is 2.37. The average Bonchev–Trinajstić information content (AvgIpc) is 2.15. The van der Waals surface area contributed by atoms with Gasteiger partial charge in [-0.25, -0.2) is 0 Å². The second-order valence-electron chi connectivity index (χ2n) is 2.37. The molecule has 0 radical (unpaired) electrons. The number of aliphatic hydroxyl groups excluding tert-OH is 1. The van der Waals surface area contributed by atoms with Crippen molar-refractivity contribution in [3.05, 3.63) is 11.6 Å². The Bertz CT molecular complexity index is 108. The quantitative estimate of drug-likeness (QED) is 0.527. The van der Waals surface area contributed by atoms with Gasteiger partial charge >= 0.3 is 0 Å². The van der Waals surface area contributed by atoms with Crippen molar-refractivity contribution >= 4 is 0 Å².